The summed E-state index contributed by atoms with van der Waals surface area (Å²) in [5, 5.41) is 9.37. The fraction of sp³-hybridized carbons (Fsp3) is 0.476. The molecule has 1 aromatic carbocycles. The van der Waals surface area contributed by atoms with Gasteiger partial charge in [0.1, 0.15) is 18.2 Å². The maximum Gasteiger partial charge on any atom is 0.243 e. The van der Waals surface area contributed by atoms with Gasteiger partial charge in [-0.15, -0.1) is 0 Å². The summed E-state index contributed by atoms with van der Waals surface area (Å²) < 4.78 is 5.79. The van der Waals surface area contributed by atoms with Gasteiger partial charge in [0, 0.05) is 11.8 Å². The van der Waals surface area contributed by atoms with E-state index in [1.54, 1.807) is 11.1 Å². The van der Waals surface area contributed by atoms with Gasteiger partial charge < -0.3 is 9.84 Å². The lowest BCUT2D eigenvalue weighted by Crippen LogP contribution is -2.28. The average molecular weight is 367 g/mol. The quantitative estimate of drug-likeness (QED) is 0.721. The van der Waals surface area contributed by atoms with Gasteiger partial charge in [0.25, 0.3) is 0 Å². The number of aliphatic hydroxyl groups excluding tert-OH is 1. The van der Waals surface area contributed by atoms with Crippen LogP contribution in [0.25, 0.3) is 0 Å². The lowest BCUT2D eigenvalue weighted by molar-refractivity contribution is -0.119. The van der Waals surface area contributed by atoms with Gasteiger partial charge in [-0.3, -0.25) is 9.69 Å². The van der Waals surface area contributed by atoms with Crippen LogP contribution in [0.5, 0.6) is 5.75 Å². The van der Waals surface area contributed by atoms with E-state index in [0.717, 1.165) is 36.3 Å². The molecule has 27 heavy (non-hydrogen) atoms. The maximum absolute atomic E-state index is 13.1. The van der Waals surface area contributed by atoms with Crippen LogP contribution in [0.2, 0.25) is 0 Å². The first-order valence-corrected chi connectivity index (χ1v) is 9.74. The number of benzene rings is 1. The molecule has 1 aromatic heterocycles. The zero-order valence-corrected chi connectivity index (χ0v) is 15.6. The molecule has 2 aromatic rings. The number of hydrogen-bond acceptors (Lipinski definition) is 5. The zero-order valence-electron chi connectivity index (χ0n) is 15.6. The molecule has 2 aliphatic rings. The number of nitrogens with zero attached hydrogens (tertiary/aromatic N) is 3. The zero-order chi connectivity index (χ0) is 18.9. The molecule has 2 heterocycles. The number of anilines is 2. The first-order valence-electron chi connectivity index (χ1n) is 9.74. The number of amides is 1. The van der Waals surface area contributed by atoms with E-state index >= 15 is 0 Å². The fourth-order valence-corrected chi connectivity index (χ4v) is 3.68. The minimum absolute atomic E-state index is 0.0510. The van der Waals surface area contributed by atoms with Crippen LogP contribution in [0.3, 0.4) is 0 Å². The highest BCUT2D eigenvalue weighted by Gasteiger charge is 2.60. The van der Waals surface area contributed by atoms with Crippen LogP contribution in [-0.4, -0.2) is 27.6 Å². The topological polar surface area (TPSA) is 75.5 Å². The van der Waals surface area contributed by atoms with E-state index in [1.807, 2.05) is 24.3 Å². The van der Waals surface area contributed by atoms with Crippen LogP contribution < -0.4 is 9.64 Å². The molecule has 1 N–H and O–H groups in total. The Morgan fingerprint density at radius 2 is 1.96 bits per heavy atom. The van der Waals surface area contributed by atoms with Crippen LogP contribution in [0.15, 0.2) is 30.5 Å². The minimum atomic E-state index is -0.461. The molecule has 6 heteroatoms. The van der Waals surface area contributed by atoms with E-state index in [2.05, 4.69) is 16.9 Å². The van der Waals surface area contributed by atoms with Gasteiger partial charge in [-0.05, 0) is 43.5 Å². The van der Waals surface area contributed by atoms with Crippen molar-refractivity contribution in [1.29, 1.82) is 0 Å². The van der Waals surface area contributed by atoms with Gasteiger partial charge >= 0.3 is 0 Å². The van der Waals surface area contributed by atoms with Crippen LogP contribution in [0, 0.1) is 0 Å². The molecule has 0 atom stereocenters. The van der Waals surface area contributed by atoms with E-state index in [4.69, 9.17) is 4.74 Å². The van der Waals surface area contributed by atoms with Crippen molar-refractivity contribution in [2.45, 2.75) is 57.5 Å². The van der Waals surface area contributed by atoms with Crippen molar-refractivity contribution in [3.63, 3.8) is 0 Å². The molecule has 1 saturated carbocycles. The summed E-state index contributed by atoms with van der Waals surface area (Å²) in [6.45, 7) is 2.66. The summed E-state index contributed by atoms with van der Waals surface area (Å²) in [5.41, 5.74) is 1.18. The lowest BCUT2D eigenvalue weighted by atomic mass is 10.0. The third kappa shape index (κ3) is 3.18. The lowest BCUT2D eigenvalue weighted by Gasteiger charge is -2.18. The molecule has 6 nitrogen and oxygen atoms in total. The smallest absolute Gasteiger partial charge is 0.243 e. The van der Waals surface area contributed by atoms with Crippen molar-refractivity contribution in [1.82, 2.24) is 9.97 Å². The Hall–Kier alpha value is -2.47. The first-order chi connectivity index (χ1) is 13.2. The number of hydrogen-bond donors (Lipinski definition) is 1. The monoisotopic (exact) mass is 367 g/mol. The highest BCUT2D eigenvalue weighted by molar-refractivity contribution is 6.13. The van der Waals surface area contributed by atoms with Gasteiger partial charge in [0.05, 0.1) is 17.7 Å². The number of rotatable bonds is 8. The average Bonchev–Trinajstić information content (AvgIpc) is 3.46. The Morgan fingerprint density at radius 3 is 2.63 bits per heavy atom. The molecule has 4 rings (SSSR count). The second-order valence-corrected chi connectivity index (χ2v) is 7.31. The SMILES string of the molecule is CCCCCCOc1ccc(N2C(=O)C3(CC3)c3cnc(CO)nc32)cc1. The predicted octanol–water partition coefficient (Wildman–Crippen LogP) is 3.64. The van der Waals surface area contributed by atoms with Gasteiger partial charge in [-0.1, -0.05) is 26.2 Å². The summed E-state index contributed by atoms with van der Waals surface area (Å²) in [6, 6.07) is 7.58. The summed E-state index contributed by atoms with van der Waals surface area (Å²) in [7, 11) is 0. The molecule has 0 bridgehead atoms. The van der Waals surface area contributed by atoms with E-state index in [9.17, 15) is 9.90 Å². The third-order valence-corrected chi connectivity index (χ3v) is 5.41. The molecule has 1 amide bonds. The Bertz CT molecular complexity index is 831. The normalized spacial score (nSPS) is 16.7. The van der Waals surface area contributed by atoms with Crippen molar-refractivity contribution in [3.8, 4) is 5.75 Å². The largest absolute Gasteiger partial charge is 0.494 e. The van der Waals surface area contributed by atoms with E-state index in [-0.39, 0.29) is 12.5 Å². The molecular formula is C21H25N3O3. The Labute approximate surface area is 159 Å². The molecular weight excluding hydrogens is 342 g/mol. The van der Waals surface area contributed by atoms with Crippen LogP contribution in [-0.2, 0) is 16.8 Å². The van der Waals surface area contributed by atoms with Gasteiger partial charge in [-0.25, -0.2) is 9.97 Å². The molecule has 1 aliphatic carbocycles. The highest BCUT2D eigenvalue weighted by Crippen LogP contribution is 2.58. The Balaban J connectivity index is 1.53. The summed E-state index contributed by atoms with van der Waals surface area (Å²) >= 11 is 0. The molecule has 0 radical (unpaired) electrons. The van der Waals surface area contributed by atoms with Gasteiger partial charge in [0.2, 0.25) is 5.91 Å². The number of ether oxygens (including phenoxy) is 1. The Morgan fingerprint density at radius 1 is 1.19 bits per heavy atom. The van der Waals surface area contributed by atoms with Crippen molar-refractivity contribution < 1.29 is 14.6 Å². The number of aromatic nitrogens is 2. The van der Waals surface area contributed by atoms with Crippen LogP contribution >= 0.6 is 0 Å². The molecule has 1 spiro atoms. The highest BCUT2D eigenvalue weighted by atomic mass is 16.5. The summed E-state index contributed by atoms with van der Waals surface area (Å²) in [5.74, 6) is 1.79. The van der Waals surface area contributed by atoms with E-state index in [0.29, 0.717) is 18.2 Å². The van der Waals surface area contributed by atoms with Crippen molar-refractivity contribution in [2.24, 2.45) is 0 Å². The first kappa shape index (κ1) is 17.9. The van der Waals surface area contributed by atoms with Crippen molar-refractivity contribution in [2.75, 3.05) is 11.5 Å². The maximum atomic E-state index is 13.1. The number of carbonyl (C=O) groups is 1. The summed E-state index contributed by atoms with van der Waals surface area (Å²) in [6.07, 6.45) is 8.04. The Kier molecular flexibility index (Phi) is 4.83. The van der Waals surface area contributed by atoms with Crippen LogP contribution in [0.1, 0.15) is 56.8 Å². The van der Waals surface area contributed by atoms with Gasteiger partial charge in [0.15, 0.2) is 5.82 Å². The molecule has 142 valence electrons. The number of aliphatic hydroxyl groups is 1. The van der Waals surface area contributed by atoms with Gasteiger partial charge in [-0.2, -0.15) is 0 Å². The van der Waals surface area contributed by atoms with E-state index < -0.39 is 5.41 Å². The molecule has 1 aliphatic heterocycles. The molecule has 0 unspecified atom stereocenters. The second kappa shape index (κ2) is 7.27. The minimum Gasteiger partial charge on any atom is -0.494 e. The standard InChI is InChI=1S/C21H25N3O3/c1-2-3-4-5-12-27-16-8-6-15(7-9-16)24-19-17(13-22-18(14-25)23-19)21(10-11-21)20(24)26/h6-9,13,25H,2-5,10-12,14H2,1H3. The third-order valence-electron chi connectivity index (χ3n) is 5.41. The second-order valence-electron chi connectivity index (χ2n) is 7.31. The molecule has 0 saturated heterocycles. The van der Waals surface area contributed by atoms with E-state index in [1.165, 1.54) is 19.3 Å². The number of fused-ring (bicyclic) bond motifs is 2. The summed E-state index contributed by atoms with van der Waals surface area (Å²) in [4.78, 5) is 23.3. The van der Waals surface area contributed by atoms with Crippen LogP contribution in [0.4, 0.5) is 11.5 Å². The fourth-order valence-electron chi connectivity index (χ4n) is 3.68. The van der Waals surface area contributed by atoms with Crippen molar-refractivity contribution in [3.05, 3.63) is 41.9 Å². The number of carbonyl (C=O) groups excluding carboxylic acids is 1. The van der Waals surface area contributed by atoms with Crippen molar-refractivity contribution >= 4 is 17.4 Å². The predicted molar refractivity (Wildman–Crippen MR) is 102 cm³/mol. The molecule has 1 fully saturated rings. The number of unbranched alkanes of at least 4 members (excludes halogenated alkanes) is 3.